The molecule has 0 spiro atoms. The number of rotatable bonds is 4. The first-order valence-electron chi connectivity index (χ1n) is 4.01. The van der Waals surface area contributed by atoms with Gasteiger partial charge in [0.1, 0.15) is 5.56 Å². The van der Waals surface area contributed by atoms with Crippen LogP contribution in [-0.4, -0.2) is 32.3 Å². The minimum atomic E-state index is -1.09. The highest BCUT2D eigenvalue weighted by Crippen LogP contribution is 2.12. The van der Waals surface area contributed by atoms with Crippen molar-refractivity contribution in [2.75, 3.05) is 0 Å². The Morgan fingerprint density at radius 2 is 2.07 bits per heavy atom. The number of nitrogens with zero attached hydrogens (tertiary/aromatic N) is 1. The van der Waals surface area contributed by atoms with Crippen molar-refractivity contribution in [2.45, 2.75) is 19.8 Å². The van der Waals surface area contributed by atoms with Crippen LogP contribution < -0.4 is 0 Å². The summed E-state index contributed by atoms with van der Waals surface area (Å²) in [4.78, 5) is 21.0. The maximum Gasteiger partial charge on any atom is 0.339 e. The van der Waals surface area contributed by atoms with Gasteiger partial charge in [-0.2, -0.15) is 5.10 Å². The highest BCUT2D eigenvalue weighted by atomic mass is 16.4. The first-order chi connectivity index (χ1) is 6.52. The van der Waals surface area contributed by atoms with Gasteiger partial charge in [-0.1, -0.05) is 0 Å². The molecule has 0 fully saturated rings. The van der Waals surface area contributed by atoms with E-state index in [1.165, 1.54) is 0 Å². The molecule has 0 aromatic carbocycles. The molecular weight excluding hydrogens is 188 g/mol. The highest BCUT2D eigenvalue weighted by Gasteiger charge is 2.17. The lowest BCUT2D eigenvalue weighted by molar-refractivity contribution is -0.136. The van der Waals surface area contributed by atoms with Gasteiger partial charge in [-0.25, -0.2) is 4.79 Å². The molecule has 0 radical (unpaired) electrons. The molecule has 0 aliphatic carbocycles. The number of aromatic nitrogens is 2. The quantitative estimate of drug-likeness (QED) is 0.651. The second kappa shape index (κ2) is 3.91. The number of carbonyl (C=O) groups is 2. The first-order valence-corrected chi connectivity index (χ1v) is 4.01. The second-order valence-electron chi connectivity index (χ2n) is 2.87. The second-order valence-corrected chi connectivity index (χ2v) is 2.87. The predicted molar refractivity (Wildman–Crippen MR) is 46.2 cm³/mol. The largest absolute Gasteiger partial charge is 0.481 e. The molecule has 3 N–H and O–H groups in total. The topological polar surface area (TPSA) is 103 Å². The van der Waals surface area contributed by atoms with E-state index in [2.05, 4.69) is 10.2 Å². The van der Waals surface area contributed by atoms with Crippen LogP contribution in [0, 0.1) is 6.92 Å². The number of hydrogen-bond acceptors (Lipinski definition) is 3. The van der Waals surface area contributed by atoms with Crippen LogP contribution >= 0.6 is 0 Å². The Balaban J connectivity index is 2.86. The Morgan fingerprint density at radius 3 is 2.57 bits per heavy atom. The molecule has 0 aliphatic rings. The van der Waals surface area contributed by atoms with Crippen molar-refractivity contribution in [3.05, 3.63) is 17.0 Å². The highest BCUT2D eigenvalue weighted by molar-refractivity contribution is 5.90. The van der Waals surface area contributed by atoms with Gasteiger partial charge in [-0.05, 0) is 6.92 Å². The molecule has 0 aliphatic heterocycles. The summed E-state index contributed by atoms with van der Waals surface area (Å²) in [6.07, 6.45) is 0.00583. The zero-order valence-electron chi connectivity index (χ0n) is 7.57. The van der Waals surface area contributed by atoms with Gasteiger partial charge in [-0.3, -0.25) is 9.89 Å². The van der Waals surface area contributed by atoms with E-state index in [-0.39, 0.29) is 24.1 Å². The number of nitrogens with one attached hydrogen (secondary N) is 1. The summed E-state index contributed by atoms with van der Waals surface area (Å²) >= 11 is 0. The van der Waals surface area contributed by atoms with Crippen LogP contribution in [0.15, 0.2) is 0 Å². The average molecular weight is 198 g/mol. The standard InChI is InChI=1S/C8H10N2O4/c1-4-7(8(13)14)5(10-9-4)2-3-6(11)12/h2-3H2,1H3,(H,9,10)(H,11,12)(H,13,14). The van der Waals surface area contributed by atoms with Gasteiger partial charge in [0.2, 0.25) is 0 Å². The van der Waals surface area contributed by atoms with Gasteiger partial charge in [-0.15, -0.1) is 0 Å². The summed E-state index contributed by atoms with van der Waals surface area (Å²) < 4.78 is 0. The third kappa shape index (κ3) is 2.09. The Morgan fingerprint density at radius 1 is 1.43 bits per heavy atom. The van der Waals surface area contributed by atoms with E-state index in [1.807, 2.05) is 0 Å². The van der Waals surface area contributed by atoms with E-state index in [0.717, 1.165) is 0 Å². The Bertz CT molecular complexity index is 369. The minimum Gasteiger partial charge on any atom is -0.481 e. The fraction of sp³-hybridized carbons (Fsp3) is 0.375. The summed E-state index contributed by atoms with van der Waals surface area (Å²) in [5.41, 5.74) is 0.807. The Labute approximate surface area is 79.6 Å². The van der Waals surface area contributed by atoms with Crippen LogP contribution in [0.25, 0.3) is 0 Å². The van der Waals surface area contributed by atoms with Crippen molar-refractivity contribution in [3.8, 4) is 0 Å². The zero-order chi connectivity index (χ0) is 10.7. The van der Waals surface area contributed by atoms with E-state index < -0.39 is 11.9 Å². The van der Waals surface area contributed by atoms with E-state index in [1.54, 1.807) is 6.92 Å². The summed E-state index contributed by atoms with van der Waals surface area (Å²) in [5, 5.41) is 23.5. The fourth-order valence-corrected chi connectivity index (χ4v) is 1.17. The van der Waals surface area contributed by atoms with Gasteiger partial charge in [0.05, 0.1) is 12.1 Å². The van der Waals surface area contributed by atoms with Crippen LogP contribution in [0.4, 0.5) is 0 Å². The van der Waals surface area contributed by atoms with Crippen LogP contribution in [0.1, 0.15) is 28.2 Å². The molecule has 0 unspecified atom stereocenters. The summed E-state index contributed by atoms with van der Waals surface area (Å²) in [6, 6.07) is 0. The van der Waals surface area contributed by atoms with Crippen molar-refractivity contribution in [2.24, 2.45) is 0 Å². The molecule has 6 heteroatoms. The molecule has 0 atom stereocenters. The van der Waals surface area contributed by atoms with Crippen molar-refractivity contribution in [3.63, 3.8) is 0 Å². The number of carboxylic acids is 2. The molecule has 1 rings (SSSR count). The van der Waals surface area contributed by atoms with Crippen molar-refractivity contribution in [1.82, 2.24) is 10.2 Å². The van der Waals surface area contributed by atoms with Crippen LogP contribution in [0.3, 0.4) is 0 Å². The molecule has 76 valence electrons. The van der Waals surface area contributed by atoms with E-state index in [9.17, 15) is 9.59 Å². The maximum atomic E-state index is 10.7. The van der Waals surface area contributed by atoms with E-state index >= 15 is 0 Å². The lowest BCUT2D eigenvalue weighted by Gasteiger charge is -1.95. The van der Waals surface area contributed by atoms with Crippen molar-refractivity contribution >= 4 is 11.9 Å². The third-order valence-corrected chi connectivity index (χ3v) is 1.81. The van der Waals surface area contributed by atoms with Crippen LogP contribution in [0.5, 0.6) is 0 Å². The Kier molecular flexibility index (Phi) is 2.85. The van der Waals surface area contributed by atoms with E-state index in [4.69, 9.17) is 10.2 Å². The molecule has 1 heterocycles. The normalized spacial score (nSPS) is 10.1. The van der Waals surface area contributed by atoms with Gasteiger partial charge in [0.25, 0.3) is 0 Å². The van der Waals surface area contributed by atoms with E-state index in [0.29, 0.717) is 5.69 Å². The summed E-state index contributed by atoms with van der Waals surface area (Å²) in [6.45, 7) is 1.58. The number of aryl methyl sites for hydroxylation is 2. The number of aromatic carboxylic acids is 1. The third-order valence-electron chi connectivity index (χ3n) is 1.81. The lowest BCUT2D eigenvalue weighted by Crippen LogP contribution is -2.04. The van der Waals surface area contributed by atoms with Crippen molar-refractivity contribution < 1.29 is 19.8 Å². The molecule has 6 nitrogen and oxygen atoms in total. The average Bonchev–Trinajstić information content (AvgIpc) is 2.43. The fourth-order valence-electron chi connectivity index (χ4n) is 1.17. The molecule has 0 bridgehead atoms. The first kappa shape index (κ1) is 10.2. The molecular formula is C8H10N2O4. The zero-order valence-corrected chi connectivity index (χ0v) is 7.57. The SMILES string of the molecule is Cc1[nH]nc(CCC(=O)O)c1C(=O)O. The summed E-state index contributed by atoms with van der Waals surface area (Å²) in [5.74, 6) is -2.06. The van der Waals surface area contributed by atoms with Gasteiger partial charge >= 0.3 is 11.9 Å². The molecule has 14 heavy (non-hydrogen) atoms. The molecule has 0 amide bonds. The van der Waals surface area contributed by atoms with Gasteiger partial charge < -0.3 is 10.2 Å². The van der Waals surface area contributed by atoms with Crippen molar-refractivity contribution in [1.29, 1.82) is 0 Å². The van der Waals surface area contributed by atoms with Gasteiger partial charge in [0.15, 0.2) is 0 Å². The number of aliphatic carboxylic acids is 1. The Hall–Kier alpha value is -1.85. The molecule has 1 aromatic heterocycles. The monoisotopic (exact) mass is 198 g/mol. The minimum absolute atomic E-state index is 0.0752. The number of aromatic amines is 1. The number of hydrogen-bond donors (Lipinski definition) is 3. The smallest absolute Gasteiger partial charge is 0.339 e. The summed E-state index contributed by atoms with van der Waals surface area (Å²) in [7, 11) is 0. The maximum absolute atomic E-state index is 10.7. The molecule has 0 saturated heterocycles. The lowest BCUT2D eigenvalue weighted by atomic mass is 10.1. The predicted octanol–water partition coefficient (Wildman–Crippen LogP) is 0.434. The molecule has 0 saturated carbocycles. The number of carboxylic acid groups (broad SMARTS) is 2. The van der Waals surface area contributed by atoms with Crippen LogP contribution in [-0.2, 0) is 11.2 Å². The molecule has 1 aromatic rings. The number of H-pyrrole nitrogens is 1. The van der Waals surface area contributed by atoms with Crippen LogP contribution in [0.2, 0.25) is 0 Å². The van der Waals surface area contributed by atoms with Gasteiger partial charge in [0, 0.05) is 12.1 Å².